The van der Waals surface area contributed by atoms with Crippen molar-refractivity contribution in [2.24, 2.45) is 0 Å². The zero-order valence-corrected chi connectivity index (χ0v) is 14.0. The van der Waals surface area contributed by atoms with E-state index in [2.05, 4.69) is 21.2 Å². The lowest BCUT2D eigenvalue weighted by molar-refractivity contribution is -0.141. The van der Waals surface area contributed by atoms with Crippen LogP contribution in [0.25, 0.3) is 0 Å². The van der Waals surface area contributed by atoms with E-state index in [0.29, 0.717) is 5.56 Å². The Kier molecular flexibility index (Phi) is 6.20. The Morgan fingerprint density at radius 3 is 2.38 bits per heavy atom. The number of Topliss-reactive ketones (excluding diaryl/α,β-unsaturated/α-hetero) is 1. The van der Waals surface area contributed by atoms with E-state index in [4.69, 9.17) is 4.74 Å². The third-order valence-corrected chi connectivity index (χ3v) is 3.57. The number of benzene rings is 2. The van der Waals surface area contributed by atoms with Crippen molar-refractivity contribution in [3.8, 4) is 0 Å². The largest absolute Gasteiger partial charge is 0.456 e. The van der Waals surface area contributed by atoms with Crippen LogP contribution in [0.15, 0.2) is 53.0 Å². The minimum atomic E-state index is -0.787. The van der Waals surface area contributed by atoms with E-state index in [9.17, 15) is 18.8 Å². The second-order valence-electron chi connectivity index (χ2n) is 4.75. The van der Waals surface area contributed by atoms with Gasteiger partial charge >= 0.3 is 5.97 Å². The van der Waals surface area contributed by atoms with Crippen LogP contribution < -0.4 is 5.32 Å². The standard InChI is InChI=1S/C17H13BrFNO4/c18-12-7-5-11(6-8-12)15(21)10-24-16(22)9-20-17(23)13-3-1-2-4-14(13)19/h1-8H,9-10H2,(H,20,23). The lowest BCUT2D eigenvalue weighted by Crippen LogP contribution is -2.32. The molecule has 0 heterocycles. The minimum absolute atomic E-state index is 0.170. The molecule has 124 valence electrons. The molecule has 0 fully saturated rings. The molecule has 0 aliphatic heterocycles. The predicted octanol–water partition coefficient (Wildman–Crippen LogP) is 2.74. The summed E-state index contributed by atoms with van der Waals surface area (Å²) >= 11 is 3.25. The summed E-state index contributed by atoms with van der Waals surface area (Å²) in [5, 5.41) is 2.24. The molecule has 5 nitrogen and oxygen atoms in total. The Hall–Kier alpha value is -2.54. The molecular weight excluding hydrogens is 381 g/mol. The van der Waals surface area contributed by atoms with Gasteiger partial charge in [-0.1, -0.05) is 40.2 Å². The number of nitrogens with one attached hydrogen (secondary N) is 1. The second kappa shape index (κ2) is 8.35. The summed E-state index contributed by atoms with van der Waals surface area (Å²) in [5.41, 5.74) is 0.234. The van der Waals surface area contributed by atoms with Crippen LogP contribution in [-0.4, -0.2) is 30.8 Å². The van der Waals surface area contributed by atoms with Gasteiger partial charge in [0.15, 0.2) is 12.4 Å². The number of hydrogen-bond donors (Lipinski definition) is 1. The maximum absolute atomic E-state index is 13.4. The molecule has 2 aromatic rings. The van der Waals surface area contributed by atoms with Gasteiger partial charge in [-0.25, -0.2) is 4.39 Å². The minimum Gasteiger partial charge on any atom is -0.456 e. The number of halogens is 2. The third-order valence-electron chi connectivity index (χ3n) is 3.04. The Morgan fingerprint density at radius 1 is 1.04 bits per heavy atom. The maximum Gasteiger partial charge on any atom is 0.325 e. The normalized spacial score (nSPS) is 10.1. The van der Waals surface area contributed by atoms with E-state index in [1.807, 2.05) is 0 Å². The van der Waals surface area contributed by atoms with Crippen LogP contribution in [-0.2, 0) is 9.53 Å². The molecule has 0 aliphatic rings. The predicted molar refractivity (Wildman–Crippen MR) is 88.2 cm³/mol. The van der Waals surface area contributed by atoms with Crippen molar-refractivity contribution < 1.29 is 23.5 Å². The van der Waals surface area contributed by atoms with Crippen molar-refractivity contribution >= 4 is 33.6 Å². The Balaban J connectivity index is 1.79. The Bertz CT molecular complexity index is 761. The molecule has 0 aromatic heterocycles. The first-order valence-corrected chi connectivity index (χ1v) is 7.74. The van der Waals surface area contributed by atoms with Gasteiger partial charge in [0.1, 0.15) is 12.4 Å². The van der Waals surface area contributed by atoms with E-state index in [1.54, 1.807) is 24.3 Å². The summed E-state index contributed by atoms with van der Waals surface area (Å²) in [5.74, 6) is -2.57. The van der Waals surface area contributed by atoms with E-state index in [0.717, 1.165) is 10.5 Å². The highest BCUT2D eigenvalue weighted by Crippen LogP contribution is 2.11. The van der Waals surface area contributed by atoms with Gasteiger partial charge in [0.05, 0.1) is 5.56 Å². The molecule has 0 bridgehead atoms. The Labute approximate surface area is 145 Å². The number of ether oxygens (including phenoxy) is 1. The zero-order chi connectivity index (χ0) is 17.5. The Morgan fingerprint density at radius 2 is 1.71 bits per heavy atom. The molecule has 0 spiro atoms. The number of ketones is 1. The van der Waals surface area contributed by atoms with Crippen molar-refractivity contribution in [3.05, 3.63) is 69.9 Å². The SMILES string of the molecule is O=C(CNC(=O)c1ccccc1F)OCC(=O)c1ccc(Br)cc1. The highest BCUT2D eigenvalue weighted by molar-refractivity contribution is 9.10. The summed E-state index contributed by atoms with van der Waals surface area (Å²) in [6.45, 7) is -0.892. The van der Waals surface area contributed by atoms with Crippen LogP contribution in [0.1, 0.15) is 20.7 Å². The molecule has 0 unspecified atom stereocenters. The zero-order valence-electron chi connectivity index (χ0n) is 12.4. The fourth-order valence-electron chi connectivity index (χ4n) is 1.81. The van der Waals surface area contributed by atoms with Gasteiger partial charge in [-0.15, -0.1) is 0 Å². The average molecular weight is 394 g/mol. The van der Waals surface area contributed by atoms with E-state index in [-0.39, 0.29) is 11.3 Å². The number of carbonyl (C=O) groups is 3. The first-order valence-electron chi connectivity index (χ1n) is 6.94. The van der Waals surface area contributed by atoms with Crippen molar-refractivity contribution in [3.63, 3.8) is 0 Å². The van der Waals surface area contributed by atoms with Crippen LogP contribution in [0.4, 0.5) is 4.39 Å². The molecular formula is C17H13BrFNO4. The quantitative estimate of drug-likeness (QED) is 0.604. The number of rotatable bonds is 6. The first kappa shape index (κ1) is 17.8. The monoisotopic (exact) mass is 393 g/mol. The van der Waals surface area contributed by atoms with Crippen molar-refractivity contribution in [2.45, 2.75) is 0 Å². The van der Waals surface area contributed by atoms with Crippen molar-refractivity contribution in [1.29, 1.82) is 0 Å². The van der Waals surface area contributed by atoms with Crippen molar-refractivity contribution in [1.82, 2.24) is 5.32 Å². The molecule has 1 N–H and O–H groups in total. The molecule has 24 heavy (non-hydrogen) atoms. The molecule has 7 heteroatoms. The molecule has 1 amide bonds. The lowest BCUT2D eigenvalue weighted by Gasteiger charge is -2.07. The van der Waals surface area contributed by atoms with Gasteiger partial charge in [0.2, 0.25) is 0 Å². The molecule has 2 aromatic carbocycles. The van der Waals surface area contributed by atoms with E-state index >= 15 is 0 Å². The van der Waals surface area contributed by atoms with Crippen LogP contribution in [0, 0.1) is 5.82 Å². The third kappa shape index (κ3) is 4.99. The molecule has 0 radical (unpaired) electrons. The van der Waals surface area contributed by atoms with Gasteiger partial charge in [-0.2, -0.15) is 0 Å². The average Bonchev–Trinajstić information content (AvgIpc) is 2.58. The first-order chi connectivity index (χ1) is 11.5. The fraction of sp³-hybridized carbons (Fsp3) is 0.118. The number of hydrogen-bond acceptors (Lipinski definition) is 4. The van der Waals surface area contributed by atoms with Crippen LogP contribution in [0.2, 0.25) is 0 Å². The molecule has 0 aliphatic carbocycles. The van der Waals surface area contributed by atoms with Gasteiger partial charge in [0.25, 0.3) is 5.91 Å². The van der Waals surface area contributed by atoms with Crippen LogP contribution in [0.3, 0.4) is 0 Å². The molecule has 2 rings (SSSR count). The molecule has 0 atom stereocenters. The van der Waals surface area contributed by atoms with Crippen molar-refractivity contribution in [2.75, 3.05) is 13.2 Å². The molecule has 0 saturated carbocycles. The number of esters is 1. The number of amides is 1. The summed E-state index contributed by atoms with van der Waals surface area (Å²) in [6.07, 6.45) is 0. The van der Waals surface area contributed by atoms with Gasteiger partial charge in [-0.05, 0) is 24.3 Å². The van der Waals surface area contributed by atoms with E-state index < -0.39 is 30.8 Å². The smallest absolute Gasteiger partial charge is 0.325 e. The molecule has 0 saturated heterocycles. The van der Waals surface area contributed by atoms with Crippen LogP contribution >= 0.6 is 15.9 Å². The lowest BCUT2D eigenvalue weighted by atomic mass is 10.1. The van der Waals surface area contributed by atoms with Gasteiger partial charge < -0.3 is 10.1 Å². The van der Waals surface area contributed by atoms with Gasteiger partial charge in [-0.3, -0.25) is 14.4 Å². The van der Waals surface area contributed by atoms with Gasteiger partial charge in [0, 0.05) is 10.0 Å². The summed E-state index contributed by atoms with van der Waals surface area (Å²) in [7, 11) is 0. The van der Waals surface area contributed by atoms with Crippen LogP contribution in [0.5, 0.6) is 0 Å². The number of carbonyl (C=O) groups excluding carboxylic acids is 3. The summed E-state index contributed by atoms with van der Waals surface area (Å²) in [6, 6.07) is 12.0. The van der Waals surface area contributed by atoms with E-state index in [1.165, 1.54) is 18.2 Å². The maximum atomic E-state index is 13.4. The topological polar surface area (TPSA) is 72.5 Å². The fourth-order valence-corrected chi connectivity index (χ4v) is 2.07. The highest BCUT2D eigenvalue weighted by atomic mass is 79.9. The summed E-state index contributed by atoms with van der Waals surface area (Å²) in [4.78, 5) is 35.1. The highest BCUT2D eigenvalue weighted by Gasteiger charge is 2.14. The summed E-state index contributed by atoms with van der Waals surface area (Å²) < 4.78 is 19.0. The second-order valence-corrected chi connectivity index (χ2v) is 5.67.